The summed E-state index contributed by atoms with van der Waals surface area (Å²) >= 11 is 1.90. The molecule has 1 N–H and O–H groups in total. The molecule has 28 heavy (non-hydrogen) atoms. The number of nitrogens with zero attached hydrogens (tertiary/aromatic N) is 4. The van der Waals surface area contributed by atoms with Crippen molar-refractivity contribution in [3.8, 4) is 0 Å². The van der Waals surface area contributed by atoms with Crippen LogP contribution >= 0.6 is 11.3 Å². The quantitative estimate of drug-likeness (QED) is 0.861. The van der Waals surface area contributed by atoms with Gasteiger partial charge in [0.1, 0.15) is 5.69 Å². The molecule has 2 atom stereocenters. The Bertz CT molecular complexity index is 814. The number of thiazole rings is 1. The zero-order chi connectivity index (χ0) is 18.9. The van der Waals surface area contributed by atoms with E-state index >= 15 is 0 Å². The summed E-state index contributed by atoms with van der Waals surface area (Å²) in [5.74, 6) is 0.464. The Labute approximate surface area is 170 Å². The fourth-order valence-corrected chi connectivity index (χ4v) is 6.07. The number of rotatable bonds is 3. The molecule has 1 aliphatic carbocycles. The molecular weight excluding hydrogens is 370 g/mol. The van der Waals surface area contributed by atoms with Crippen molar-refractivity contribution in [2.75, 3.05) is 26.2 Å². The van der Waals surface area contributed by atoms with Crippen molar-refractivity contribution in [3.05, 3.63) is 33.5 Å². The van der Waals surface area contributed by atoms with Crippen LogP contribution in [-0.4, -0.2) is 51.8 Å². The summed E-state index contributed by atoms with van der Waals surface area (Å²) in [6.45, 7) is 3.63. The van der Waals surface area contributed by atoms with Gasteiger partial charge in [0.25, 0.3) is 5.91 Å². The van der Waals surface area contributed by atoms with Crippen LogP contribution in [0.1, 0.15) is 76.6 Å². The minimum absolute atomic E-state index is 0.0774. The number of hydrogen-bond acceptors (Lipinski definition) is 5. The van der Waals surface area contributed by atoms with Gasteiger partial charge in [0.05, 0.1) is 16.7 Å². The fourth-order valence-electron chi connectivity index (χ4n) is 4.79. The van der Waals surface area contributed by atoms with Gasteiger partial charge < -0.3 is 10.2 Å². The summed E-state index contributed by atoms with van der Waals surface area (Å²) in [6.07, 6.45) is 11.3. The molecule has 2 unspecified atom stereocenters. The topological polar surface area (TPSA) is 63.1 Å². The number of hydrogen-bond donors (Lipinski definition) is 1. The highest BCUT2D eigenvalue weighted by Crippen LogP contribution is 2.35. The summed E-state index contributed by atoms with van der Waals surface area (Å²) in [6, 6.07) is 2.26. The molecule has 0 bridgehead atoms. The summed E-state index contributed by atoms with van der Waals surface area (Å²) in [5, 5.41) is 9.30. The standard InChI is InChI=1S/C21H29N5OS/c27-21(18-9-12-26(24-18)16-6-3-10-22-13-16)25-11-4-5-15(14-25)20-23-17-7-1-2-8-19(17)28-20/h9,12,15-16,22H,1-8,10-11,13-14H2. The molecule has 0 spiro atoms. The van der Waals surface area contributed by atoms with Crippen LogP contribution in [0.4, 0.5) is 0 Å². The Kier molecular flexibility index (Phi) is 5.20. The minimum Gasteiger partial charge on any atom is -0.337 e. The van der Waals surface area contributed by atoms with Crippen molar-refractivity contribution in [2.24, 2.45) is 0 Å². The summed E-state index contributed by atoms with van der Waals surface area (Å²) < 4.78 is 1.98. The van der Waals surface area contributed by atoms with Crippen LogP contribution in [0, 0.1) is 0 Å². The van der Waals surface area contributed by atoms with E-state index in [0.717, 1.165) is 51.9 Å². The largest absolute Gasteiger partial charge is 0.337 e. The predicted octanol–water partition coefficient (Wildman–Crippen LogP) is 3.16. The van der Waals surface area contributed by atoms with Gasteiger partial charge in [0.15, 0.2) is 0 Å². The third-order valence-electron chi connectivity index (χ3n) is 6.39. The summed E-state index contributed by atoms with van der Waals surface area (Å²) in [7, 11) is 0. The Morgan fingerprint density at radius 3 is 2.96 bits per heavy atom. The first-order chi connectivity index (χ1) is 13.8. The number of likely N-dealkylation sites (tertiary alicyclic amines) is 1. The van der Waals surface area contributed by atoms with Crippen LogP contribution in [0.2, 0.25) is 0 Å². The lowest BCUT2D eigenvalue weighted by molar-refractivity contribution is 0.0699. The number of aromatic nitrogens is 3. The van der Waals surface area contributed by atoms with Gasteiger partial charge in [-0.1, -0.05) is 0 Å². The molecule has 3 aliphatic rings. The van der Waals surface area contributed by atoms with Gasteiger partial charge >= 0.3 is 0 Å². The maximum absolute atomic E-state index is 13.1. The number of carbonyl (C=O) groups is 1. The normalized spacial score (nSPS) is 25.5. The van der Waals surface area contributed by atoms with Gasteiger partial charge in [-0.3, -0.25) is 9.48 Å². The first-order valence-corrected chi connectivity index (χ1v) is 11.6. The van der Waals surface area contributed by atoms with Crippen LogP contribution in [-0.2, 0) is 12.8 Å². The van der Waals surface area contributed by atoms with Crippen LogP contribution < -0.4 is 5.32 Å². The van der Waals surface area contributed by atoms with Crippen molar-refractivity contribution >= 4 is 17.2 Å². The Hall–Kier alpha value is -1.73. The van der Waals surface area contributed by atoms with E-state index in [-0.39, 0.29) is 5.91 Å². The molecule has 4 heterocycles. The van der Waals surface area contributed by atoms with E-state index in [1.165, 1.54) is 41.3 Å². The number of amides is 1. The number of fused-ring (bicyclic) bond motifs is 1. The smallest absolute Gasteiger partial charge is 0.274 e. The van der Waals surface area contributed by atoms with Crippen molar-refractivity contribution in [1.29, 1.82) is 0 Å². The molecular formula is C21H29N5OS. The molecule has 2 saturated heterocycles. The molecule has 2 aromatic rings. The van der Waals surface area contributed by atoms with E-state index in [2.05, 4.69) is 10.4 Å². The molecule has 150 valence electrons. The first kappa shape index (κ1) is 18.3. The van der Waals surface area contributed by atoms with Gasteiger partial charge in [0, 0.05) is 36.6 Å². The van der Waals surface area contributed by atoms with E-state index in [9.17, 15) is 4.79 Å². The Balaban J connectivity index is 1.27. The molecule has 6 nitrogen and oxygen atoms in total. The number of carbonyl (C=O) groups excluding carboxylic acids is 1. The molecule has 2 aromatic heterocycles. The maximum Gasteiger partial charge on any atom is 0.274 e. The highest BCUT2D eigenvalue weighted by Gasteiger charge is 2.30. The summed E-state index contributed by atoms with van der Waals surface area (Å²) in [5.41, 5.74) is 1.92. The third kappa shape index (κ3) is 3.62. The molecule has 2 aliphatic heterocycles. The van der Waals surface area contributed by atoms with Crippen LogP contribution in [0.15, 0.2) is 12.3 Å². The van der Waals surface area contributed by atoms with Gasteiger partial charge in [-0.05, 0) is 64.0 Å². The molecule has 7 heteroatoms. The van der Waals surface area contributed by atoms with Crippen molar-refractivity contribution < 1.29 is 4.79 Å². The van der Waals surface area contributed by atoms with Crippen molar-refractivity contribution in [3.63, 3.8) is 0 Å². The monoisotopic (exact) mass is 399 g/mol. The molecule has 5 rings (SSSR count). The van der Waals surface area contributed by atoms with Crippen molar-refractivity contribution in [2.45, 2.75) is 63.3 Å². The predicted molar refractivity (Wildman–Crippen MR) is 110 cm³/mol. The van der Waals surface area contributed by atoms with Gasteiger partial charge in [-0.25, -0.2) is 4.98 Å². The SMILES string of the molecule is O=C(c1ccn(C2CCCNC2)n1)N1CCCC(c2nc3c(s2)CCCC3)C1. The van der Waals surface area contributed by atoms with E-state index in [1.54, 1.807) is 0 Å². The number of aryl methyl sites for hydroxylation is 2. The number of nitrogens with one attached hydrogen (secondary N) is 1. The fraction of sp³-hybridized carbons (Fsp3) is 0.667. The second-order valence-corrected chi connectivity index (χ2v) is 9.52. The maximum atomic E-state index is 13.1. The van der Waals surface area contributed by atoms with Crippen LogP contribution in [0.3, 0.4) is 0 Å². The van der Waals surface area contributed by atoms with Gasteiger partial charge in [0.2, 0.25) is 0 Å². The van der Waals surface area contributed by atoms with Crippen LogP contribution in [0.25, 0.3) is 0 Å². The van der Waals surface area contributed by atoms with E-state index < -0.39 is 0 Å². The lowest BCUT2D eigenvalue weighted by atomic mass is 9.98. The highest BCUT2D eigenvalue weighted by atomic mass is 32.1. The average molecular weight is 400 g/mol. The van der Waals surface area contributed by atoms with Gasteiger partial charge in [-0.2, -0.15) is 5.10 Å². The van der Waals surface area contributed by atoms with Crippen molar-refractivity contribution in [1.82, 2.24) is 25.0 Å². The second kappa shape index (κ2) is 7.95. The molecule has 0 radical (unpaired) electrons. The molecule has 2 fully saturated rings. The summed E-state index contributed by atoms with van der Waals surface area (Å²) in [4.78, 5) is 21.5. The van der Waals surface area contributed by atoms with E-state index in [4.69, 9.17) is 4.98 Å². The second-order valence-electron chi connectivity index (χ2n) is 8.40. The zero-order valence-electron chi connectivity index (χ0n) is 16.4. The lowest BCUT2D eigenvalue weighted by Gasteiger charge is -2.31. The zero-order valence-corrected chi connectivity index (χ0v) is 17.2. The van der Waals surface area contributed by atoms with Gasteiger partial charge in [-0.15, -0.1) is 11.3 Å². The molecule has 0 saturated carbocycles. The number of piperidine rings is 2. The van der Waals surface area contributed by atoms with E-state index in [1.807, 2.05) is 33.2 Å². The minimum atomic E-state index is 0.0774. The first-order valence-electron chi connectivity index (χ1n) is 10.8. The molecule has 1 amide bonds. The third-order valence-corrected chi connectivity index (χ3v) is 7.71. The van der Waals surface area contributed by atoms with E-state index in [0.29, 0.717) is 17.7 Å². The lowest BCUT2D eigenvalue weighted by Crippen LogP contribution is -2.39. The van der Waals surface area contributed by atoms with Crippen LogP contribution in [0.5, 0.6) is 0 Å². The average Bonchev–Trinajstić information content (AvgIpc) is 3.41. The molecule has 0 aromatic carbocycles. The Morgan fingerprint density at radius 2 is 2.11 bits per heavy atom. The Morgan fingerprint density at radius 1 is 1.18 bits per heavy atom. The highest BCUT2D eigenvalue weighted by molar-refractivity contribution is 7.11.